The van der Waals surface area contributed by atoms with Crippen LogP contribution in [0.25, 0.3) is 0 Å². The standard InChI is InChI=1S/C8H9F5N4/c1-14-4-3-5(16-17-6(4)15-2)7(9,10)8(11,12)13/h3H,1-2H3,(H,14,16)(H,15,17). The largest absolute Gasteiger partial charge is 0.459 e. The Hall–Kier alpha value is -1.67. The van der Waals surface area contributed by atoms with Crippen molar-refractivity contribution >= 4 is 11.5 Å². The van der Waals surface area contributed by atoms with E-state index >= 15 is 0 Å². The summed E-state index contributed by atoms with van der Waals surface area (Å²) in [6, 6.07) is 0.603. The van der Waals surface area contributed by atoms with Gasteiger partial charge in [-0.15, -0.1) is 10.2 Å². The molecule has 1 rings (SSSR count). The zero-order valence-electron chi connectivity index (χ0n) is 8.86. The summed E-state index contributed by atoms with van der Waals surface area (Å²) < 4.78 is 62.1. The highest BCUT2D eigenvalue weighted by Gasteiger charge is 2.60. The fourth-order valence-corrected chi connectivity index (χ4v) is 1.07. The van der Waals surface area contributed by atoms with E-state index in [0.29, 0.717) is 6.07 Å². The van der Waals surface area contributed by atoms with Crippen molar-refractivity contribution in [2.24, 2.45) is 0 Å². The van der Waals surface area contributed by atoms with E-state index in [1.807, 2.05) is 0 Å². The Morgan fingerprint density at radius 1 is 1.00 bits per heavy atom. The van der Waals surface area contributed by atoms with E-state index in [-0.39, 0.29) is 11.5 Å². The predicted octanol–water partition coefficient (Wildman–Crippen LogP) is 2.21. The number of nitrogens with one attached hydrogen (secondary N) is 2. The third kappa shape index (κ3) is 2.37. The van der Waals surface area contributed by atoms with Crippen LogP contribution >= 0.6 is 0 Å². The summed E-state index contributed by atoms with van der Waals surface area (Å²) in [5, 5.41) is 11.1. The second-order valence-electron chi connectivity index (χ2n) is 3.06. The first-order chi connectivity index (χ1) is 7.74. The second-order valence-corrected chi connectivity index (χ2v) is 3.06. The molecule has 0 spiro atoms. The van der Waals surface area contributed by atoms with E-state index in [9.17, 15) is 22.0 Å². The summed E-state index contributed by atoms with van der Waals surface area (Å²) in [6.07, 6.45) is -5.70. The molecule has 1 heterocycles. The van der Waals surface area contributed by atoms with Crippen LogP contribution in [0.2, 0.25) is 0 Å². The highest BCUT2D eigenvalue weighted by molar-refractivity contribution is 5.63. The summed E-state index contributed by atoms with van der Waals surface area (Å²) in [4.78, 5) is 0. The van der Waals surface area contributed by atoms with E-state index in [2.05, 4.69) is 20.8 Å². The van der Waals surface area contributed by atoms with Gasteiger partial charge in [0, 0.05) is 14.1 Å². The van der Waals surface area contributed by atoms with E-state index in [1.54, 1.807) is 0 Å². The van der Waals surface area contributed by atoms with Gasteiger partial charge in [-0.25, -0.2) is 0 Å². The lowest BCUT2D eigenvalue weighted by Crippen LogP contribution is -2.34. The van der Waals surface area contributed by atoms with Gasteiger partial charge in [-0.05, 0) is 6.07 Å². The van der Waals surface area contributed by atoms with E-state index in [4.69, 9.17) is 0 Å². The molecular formula is C8H9F5N4. The normalized spacial score (nSPS) is 12.4. The van der Waals surface area contributed by atoms with Crippen molar-refractivity contribution < 1.29 is 22.0 Å². The first kappa shape index (κ1) is 13.4. The average Bonchev–Trinajstić information content (AvgIpc) is 2.26. The molecule has 17 heavy (non-hydrogen) atoms. The zero-order valence-corrected chi connectivity index (χ0v) is 8.86. The Morgan fingerprint density at radius 2 is 1.59 bits per heavy atom. The molecule has 0 aliphatic heterocycles. The third-order valence-electron chi connectivity index (χ3n) is 1.98. The topological polar surface area (TPSA) is 49.8 Å². The van der Waals surface area contributed by atoms with Crippen LogP contribution in [0.1, 0.15) is 5.69 Å². The molecule has 9 heteroatoms. The molecule has 0 aliphatic rings. The average molecular weight is 256 g/mol. The van der Waals surface area contributed by atoms with Crippen molar-refractivity contribution in [3.63, 3.8) is 0 Å². The Labute approximate surface area is 93.2 Å². The van der Waals surface area contributed by atoms with E-state index < -0.39 is 17.8 Å². The quantitative estimate of drug-likeness (QED) is 0.814. The van der Waals surface area contributed by atoms with Crippen molar-refractivity contribution in [3.8, 4) is 0 Å². The van der Waals surface area contributed by atoms with Crippen molar-refractivity contribution in [1.82, 2.24) is 10.2 Å². The fraction of sp³-hybridized carbons (Fsp3) is 0.500. The Bertz CT molecular complexity index is 403. The van der Waals surface area contributed by atoms with Crippen LogP contribution in [0, 0.1) is 0 Å². The number of alkyl halides is 5. The van der Waals surface area contributed by atoms with Gasteiger partial charge < -0.3 is 10.6 Å². The van der Waals surface area contributed by atoms with Gasteiger partial charge in [0.2, 0.25) is 0 Å². The van der Waals surface area contributed by atoms with Crippen LogP contribution in [-0.2, 0) is 5.92 Å². The number of halogens is 5. The number of hydrogen-bond acceptors (Lipinski definition) is 4. The number of anilines is 2. The molecule has 0 aromatic carbocycles. The minimum atomic E-state index is -5.70. The number of hydrogen-bond donors (Lipinski definition) is 2. The molecule has 4 nitrogen and oxygen atoms in total. The number of rotatable bonds is 3. The molecule has 0 fully saturated rings. The zero-order chi connectivity index (χ0) is 13.3. The highest BCUT2D eigenvalue weighted by Crippen LogP contribution is 2.43. The molecule has 1 aromatic heterocycles. The minimum absolute atomic E-state index is 0.00132. The Balaban J connectivity index is 3.25. The Morgan fingerprint density at radius 3 is 2.00 bits per heavy atom. The summed E-state index contributed by atoms with van der Waals surface area (Å²) in [5.74, 6) is -4.95. The van der Waals surface area contributed by atoms with E-state index in [1.165, 1.54) is 14.1 Å². The van der Waals surface area contributed by atoms with Crippen molar-refractivity contribution in [3.05, 3.63) is 11.8 Å². The highest BCUT2D eigenvalue weighted by atomic mass is 19.4. The SMILES string of the molecule is CNc1cc(C(F)(F)C(F)(F)F)nnc1NC. The summed E-state index contributed by atoms with van der Waals surface area (Å²) >= 11 is 0. The third-order valence-corrected chi connectivity index (χ3v) is 1.98. The second kappa shape index (κ2) is 4.30. The molecule has 1 aromatic rings. The summed E-state index contributed by atoms with van der Waals surface area (Å²) in [7, 11) is 2.81. The number of aromatic nitrogens is 2. The molecule has 96 valence electrons. The first-order valence-electron chi connectivity index (χ1n) is 4.42. The molecule has 0 saturated carbocycles. The molecule has 0 radical (unpaired) electrons. The summed E-state index contributed by atoms with van der Waals surface area (Å²) in [6.45, 7) is 0. The lowest BCUT2D eigenvalue weighted by Gasteiger charge is -2.19. The minimum Gasteiger partial charge on any atom is -0.385 e. The molecular weight excluding hydrogens is 247 g/mol. The predicted molar refractivity (Wildman–Crippen MR) is 51.1 cm³/mol. The molecule has 0 atom stereocenters. The van der Waals surface area contributed by atoms with Crippen LogP contribution in [0.4, 0.5) is 33.5 Å². The molecule has 0 unspecified atom stereocenters. The lowest BCUT2D eigenvalue weighted by atomic mass is 10.2. The van der Waals surface area contributed by atoms with Crippen LogP contribution in [0.15, 0.2) is 6.07 Å². The fourth-order valence-electron chi connectivity index (χ4n) is 1.07. The van der Waals surface area contributed by atoms with Crippen LogP contribution in [-0.4, -0.2) is 30.5 Å². The maximum Gasteiger partial charge on any atom is 0.459 e. The van der Waals surface area contributed by atoms with Crippen molar-refractivity contribution in [2.45, 2.75) is 12.1 Å². The molecule has 0 aliphatic carbocycles. The smallest absolute Gasteiger partial charge is 0.385 e. The molecule has 2 N–H and O–H groups in total. The van der Waals surface area contributed by atoms with Crippen molar-refractivity contribution in [1.29, 1.82) is 0 Å². The van der Waals surface area contributed by atoms with Crippen LogP contribution < -0.4 is 10.6 Å². The van der Waals surface area contributed by atoms with Gasteiger partial charge in [-0.2, -0.15) is 22.0 Å². The van der Waals surface area contributed by atoms with Crippen LogP contribution in [0.5, 0.6) is 0 Å². The molecule has 0 saturated heterocycles. The molecule has 0 bridgehead atoms. The van der Waals surface area contributed by atoms with Gasteiger partial charge >= 0.3 is 12.1 Å². The monoisotopic (exact) mass is 256 g/mol. The lowest BCUT2D eigenvalue weighted by molar-refractivity contribution is -0.291. The summed E-state index contributed by atoms with van der Waals surface area (Å²) in [5.41, 5.74) is -1.45. The van der Waals surface area contributed by atoms with Gasteiger partial charge in [0.05, 0.1) is 5.69 Å². The van der Waals surface area contributed by atoms with Gasteiger partial charge in [0.15, 0.2) is 5.82 Å². The van der Waals surface area contributed by atoms with Gasteiger partial charge in [0.1, 0.15) is 5.69 Å². The first-order valence-corrected chi connectivity index (χ1v) is 4.42. The molecule has 0 amide bonds. The maximum atomic E-state index is 12.9. The van der Waals surface area contributed by atoms with Gasteiger partial charge in [0.25, 0.3) is 0 Å². The van der Waals surface area contributed by atoms with E-state index in [0.717, 1.165) is 0 Å². The van der Waals surface area contributed by atoms with Gasteiger partial charge in [-0.1, -0.05) is 0 Å². The number of nitrogens with zero attached hydrogens (tertiary/aromatic N) is 2. The van der Waals surface area contributed by atoms with Crippen LogP contribution in [0.3, 0.4) is 0 Å². The van der Waals surface area contributed by atoms with Gasteiger partial charge in [-0.3, -0.25) is 0 Å². The maximum absolute atomic E-state index is 12.9. The van der Waals surface area contributed by atoms with Crippen molar-refractivity contribution in [2.75, 3.05) is 24.7 Å². The Kier molecular flexibility index (Phi) is 3.39.